The summed E-state index contributed by atoms with van der Waals surface area (Å²) in [7, 11) is 3.28. The van der Waals surface area contributed by atoms with Crippen LogP contribution in [0.2, 0.25) is 0 Å². The standard InChI is InChI=1S/C33H57BNO7PS2/c1-3-4-5-6-7-8-9-10-11-12-13-14-18-23-30(44)35-24-19-22-28-31(42-43(37,45)38-2)29(41-32(28)34)26-40-33(36)39-25-27-20-16-15-17-21-27/h15-17,20-21,28-29,31-32H,3-14,18-19,22-26,34H2,1-2H3,(H,35,44)(H,37,45)/t28?,29-,31-,32-,43?/m1/s1. The number of carbonyl (C=O) groups is 1. The number of hydrogen-bond donors (Lipinski definition) is 2. The zero-order chi connectivity index (χ0) is 32.8. The monoisotopic (exact) mass is 685 g/mol. The maximum absolute atomic E-state index is 12.2. The number of unbranched alkanes of at least 4 members (excludes halogenated alkanes) is 12. The molecule has 0 radical (unpaired) electrons. The van der Waals surface area contributed by atoms with E-state index in [1.165, 1.54) is 84.2 Å². The van der Waals surface area contributed by atoms with Gasteiger partial charge in [0.25, 0.3) is 0 Å². The summed E-state index contributed by atoms with van der Waals surface area (Å²) >= 11 is 10.7. The predicted molar refractivity (Wildman–Crippen MR) is 192 cm³/mol. The van der Waals surface area contributed by atoms with Gasteiger partial charge in [0.05, 0.1) is 4.99 Å². The average molecular weight is 686 g/mol. The molecule has 0 spiro atoms. The zero-order valence-electron chi connectivity index (χ0n) is 27.8. The Balaban J connectivity index is 1.62. The third-order valence-corrected chi connectivity index (χ3v) is 10.4. The second-order valence-electron chi connectivity index (χ2n) is 12.1. The lowest BCUT2D eigenvalue weighted by Crippen LogP contribution is -2.34. The molecular weight excluding hydrogens is 628 g/mol. The molecule has 0 bridgehead atoms. The van der Waals surface area contributed by atoms with Gasteiger partial charge in [-0.25, -0.2) is 4.79 Å². The highest BCUT2D eigenvalue weighted by atomic mass is 32.5. The first kappa shape index (κ1) is 40.1. The second kappa shape index (κ2) is 24.1. The topological polar surface area (TPSA) is 95.5 Å². The molecule has 2 rings (SSSR count). The summed E-state index contributed by atoms with van der Waals surface area (Å²) in [5.74, 6) is -0.0695. The summed E-state index contributed by atoms with van der Waals surface area (Å²) < 4.78 is 27.6. The molecule has 1 aliphatic rings. The zero-order valence-corrected chi connectivity index (χ0v) is 30.3. The van der Waals surface area contributed by atoms with Gasteiger partial charge >= 0.3 is 12.9 Å². The average Bonchev–Trinajstić information content (AvgIpc) is 3.32. The van der Waals surface area contributed by atoms with Gasteiger partial charge in [-0.15, -0.1) is 0 Å². The number of carbonyl (C=O) groups excluding carboxylic acids is 1. The molecule has 1 saturated heterocycles. The van der Waals surface area contributed by atoms with Crippen molar-refractivity contribution in [3.05, 3.63) is 35.9 Å². The van der Waals surface area contributed by atoms with E-state index in [1.807, 2.05) is 38.2 Å². The van der Waals surface area contributed by atoms with Crippen molar-refractivity contribution in [3.8, 4) is 0 Å². The molecule has 1 aromatic rings. The van der Waals surface area contributed by atoms with Crippen LogP contribution in [0.5, 0.6) is 0 Å². The molecule has 5 atom stereocenters. The highest BCUT2D eigenvalue weighted by molar-refractivity contribution is 8.07. The van der Waals surface area contributed by atoms with E-state index < -0.39 is 25.1 Å². The van der Waals surface area contributed by atoms with Crippen LogP contribution in [-0.2, 0) is 41.7 Å². The van der Waals surface area contributed by atoms with Crippen LogP contribution in [0, 0.1) is 5.92 Å². The quantitative estimate of drug-likeness (QED) is 0.0350. The summed E-state index contributed by atoms with van der Waals surface area (Å²) in [6.45, 7) is -0.423. The predicted octanol–water partition coefficient (Wildman–Crippen LogP) is 7.74. The number of rotatable bonds is 25. The van der Waals surface area contributed by atoms with Crippen molar-refractivity contribution in [2.24, 2.45) is 5.92 Å². The largest absolute Gasteiger partial charge is 0.508 e. The minimum absolute atomic E-state index is 0.0695. The molecule has 0 aliphatic carbocycles. The Bertz CT molecular complexity index is 993. The second-order valence-corrected chi connectivity index (χ2v) is 15.5. The molecule has 1 aliphatic heterocycles. The van der Waals surface area contributed by atoms with Gasteiger partial charge < -0.3 is 33.5 Å². The number of nitrogens with one attached hydrogen (secondary N) is 1. The van der Waals surface area contributed by atoms with Crippen molar-refractivity contribution < 1.29 is 32.9 Å². The molecule has 1 heterocycles. The minimum Gasteiger partial charge on any atom is -0.431 e. The van der Waals surface area contributed by atoms with Crippen LogP contribution in [0.25, 0.3) is 0 Å². The Morgan fingerprint density at radius 2 is 1.56 bits per heavy atom. The highest BCUT2D eigenvalue weighted by Crippen LogP contribution is 2.48. The molecule has 256 valence electrons. The maximum Gasteiger partial charge on any atom is 0.508 e. The molecule has 2 unspecified atom stereocenters. The first-order valence-electron chi connectivity index (χ1n) is 17.1. The number of hydrogen-bond acceptors (Lipinski definition) is 8. The third-order valence-electron chi connectivity index (χ3n) is 8.38. The molecule has 12 heteroatoms. The normalized spacial score (nSPS) is 20.9. The Morgan fingerprint density at radius 3 is 2.16 bits per heavy atom. The summed E-state index contributed by atoms with van der Waals surface area (Å²) in [6, 6.07) is 9.18. The summed E-state index contributed by atoms with van der Waals surface area (Å²) in [4.78, 5) is 23.5. The maximum atomic E-state index is 12.2. The number of ether oxygens (including phenoxy) is 3. The van der Waals surface area contributed by atoms with E-state index in [9.17, 15) is 9.69 Å². The van der Waals surface area contributed by atoms with E-state index in [4.69, 9.17) is 47.3 Å². The van der Waals surface area contributed by atoms with Gasteiger partial charge in [-0.3, -0.25) is 0 Å². The van der Waals surface area contributed by atoms with E-state index in [0.29, 0.717) is 0 Å². The number of benzene rings is 1. The summed E-state index contributed by atoms with van der Waals surface area (Å²) in [5, 5.41) is 3.39. The molecule has 45 heavy (non-hydrogen) atoms. The van der Waals surface area contributed by atoms with Crippen LogP contribution >= 0.6 is 18.9 Å². The van der Waals surface area contributed by atoms with Gasteiger partial charge in [-0.1, -0.05) is 127 Å². The van der Waals surface area contributed by atoms with Gasteiger partial charge in [-0.2, -0.15) is 0 Å². The Kier molecular flexibility index (Phi) is 21.5. The van der Waals surface area contributed by atoms with Gasteiger partial charge in [0.2, 0.25) is 0 Å². The Labute approximate surface area is 283 Å². The van der Waals surface area contributed by atoms with Crippen LogP contribution in [0.1, 0.15) is 115 Å². The van der Waals surface area contributed by atoms with E-state index in [2.05, 4.69) is 12.2 Å². The van der Waals surface area contributed by atoms with Crippen molar-refractivity contribution >= 4 is 49.7 Å². The molecule has 0 aromatic heterocycles. The van der Waals surface area contributed by atoms with Gasteiger partial charge in [0, 0.05) is 25.6 Å². The number of thiocarbonyl (C=S) groups is 1. The lowest BCUT2D eigenvalue weighted by Gasteiger charge is -2.27. The Hall–Kier alpha value is -1.07. The van der Waals surface area contributed by atoms with E-state index in [0.717, 1.165) is 42.8 Å². The van der Waals surface area contributed by atoms with Gasteiger partial charge in [-0.05, 0) is 43.1 Å². The van der Waals surface area contributed by atoms with Crippen LogP contribution in [0.4, 0.5) is 4.79 Å². The highest BCUT2D eigenvalue weighted by Gasteiger charge is 2.45. The molecule has 8 nitrogen and oxygen atoms in total. The smallest absolute Gasteiger partial charge is 0.431 e. The fourth-order valence-electron chi connectivity index (χ4n) is 5.74. The van der Waals surface area contributed by atoms with Gasteiger partial charge in [0.15, 0.2) is 0 Å². The lowest BCUT2D eigenvalue weighted by atomic mass is 9.82. The first-order chi connectivity index (χ1) is 21.8. The van der Waals surface area contributed by atoms with E-state index in [-0.39, 0.29) is 25.1 Å². The fourth-order valence-corrected chi connectivity index (χ4v) is 6.97. The minimum atomic E-state index is -3.47. The van der Waals surface area contributed by atoms with Crippen LogP contribution in [0.15, 0.2) is 30.3 Å². The Morgan fingerprint density at radius 1 is 0.956 bits per heavy atom. The van der Waals surface area contributed by atoms with Crippen molar-refractivity contribution in [2.75, 3.05) is 20.3 Å². The molecule has 1 fully saturated rings. The SMILES string of the molecule is B[C@@H]1O[C@H](COC(=O)OCc2ccccc2)[C@H](OP(O)(=S)OC)C1CCCNC(=S)CCCCCCCCCCCCCCC. The molecule has 0 saturated carbocycles. The van der Waals surface area contributed by atoms with E-state index >= 15 is 0 Å². The first-order valence-corrected chi connectivity index (χ1v) is 20.1. The molecule has 0 amide bonds. The molecule has 2 N–H and O–H groups in total. The van der Waals surface area contributed by atoms with Crippen LogP contribution in [0.3, 0.4) is 0 Å². The molecule has 1 aromatic carbocycles. The van der Waals surface area contributed by atoms with E-state index in [1.54, 1.807) is 0 Å². The van der Waals surface area contributed by atoms with Crippen molar-refractivity contribution in [1.29, 1.82) is 0 Å². The van der Waals surface area contributed by atoms with Crippen molar-refractivity contribution in [3.63, 3.8) is 0 Å². The summed E-state index contributed by atoms with van der Waals surface area (Å²) in [5.41, 5.74) is 0.861. The van der Waals surface area contributed by atoms with Crippen molar-refractivity contribution in [2.45, 2.75) is 134 Å². The molecular formula is C33H57BNO7PS2. The lowest BCUT2D eigenvalue weighted by molar-refractivity contribution is -0.0272. The summed E-state index contributed by atoms with van der Waals surface area (Å²) in [6.07, 6.45) is 17.9. The van der Waals surface area contributed by atoms with Crippen LogP contribution < -0.4 is 5.32 Å². The van der Waals surface area contributed by atoms with Crippen LogP contribution in [-0.4, -0.2) is 62.4 Å². The van der Waals surface area contributed by atoms with Crippen molar-refractivity contribution in [1.82, 2.24) is 5.32 Å². The fraction of sp³-hybridized carbons (Fsp3) is 0.758. The third kappa shape index (κ3) is 18.2. The van der Waals surface area contributed by atoms with Gasteiger partial charge in [0.1, 0.15) is 33.3 Å².